The lowest BCUT2D eigenvalue weighted by molar-refractivity contribution is -0.117. The molecule has 0 saturated carbocycles. The van der Waals surface area contributed by atoms with Gasteiger partial charge in [0.15, 0.2) is 5.82 Å². The molecule has 0 unspecified atom stereocenters. The number of methoxy groups -OCH3 is 1. The van der Waals surface area contributed by atoms with Gasteiger partial charge in [0, 0.05) is 31.0 Å². The first-order valence-electron chi connectivity index (χ1n) is 9.25. The monoisotopic (exact) mass is 415 g/mol. The van der Waals surface area contributed by atoms with Crippen molar-refractivity contribution in [1.82, 2.24) is 10.1 Å². The zero-order valence-electron chi connectivity index (χ0n) is 15.8. The summed E-state index contributed by atoms with van der Waals surface area (Å²) in [6.45, 7) is 0.395. The largest absolute Gasteiger partial charge is 0.496 e. The molecule has 1 aromatic heterocycles. The number of ether oxygens (including phenoxy) is 1. The molecule has 29 heavy (non-hydrogen) atoms. The number of aryl methyl sites for hydroxylation is 2. The summed E-state index contributed by atoms with van der Waals surface area (Å²) in [4.78, 5) is 18.5. The van der Waals surface area contributed by atoms with Gasteiger partial charge in [0.05, 0.1) is 12.1 Å². The molecule has 1 saturated heterocycles. The normalized spacial score (nSPS) is 16.4. The molecule has 0 bridgehead atoms. The lowest BCUT2D eigenvalue weighted by atomic mass is 10.1. The molecule has 1 fully saturated rings. The molecular weight excluding hydrogens is 397 g/mol. The van der Waals surface area contributed by atoms with E-state index in [1.165, 1.54) is 18.2 Å². The van der Waals surface area contributed by atoms with Gasteiger partial charge in [-0.05, 0) is 36.2 Å². The summed E-state index contributed by atoms with van der Waals surface area (Å²) in [6, 6.07) is 12.0. The number of hydrogen-bond acceptors (Lipinski definition) is 5. The van der Waals surface area contributed by atoms with Crippen molar-refractivity contribution in [3.63, 3.8) is 0 Å². The Labute approximate surface area is 172 Å². The topological polar surface area (TPSA) is 68.5 Å². The average molecular weight is 416 g/mol. The van der Waals surface area contributed by atoms with Gasteiger partial charge in [-0.1, -0.05) is 35.0 Å². The van der Waals surface area contributed by atoms with Crippen molar-refractivity contribution in [1.29, 1.82) is 0 Å². The highest BCUT2D eigenvalue weighted by atomic mass is 35.5. The van der Waals surface area contributed by atoms with Crippen molar-refractivity contribution in [2.24, 2.45) is 0 Å². The van der Waals surface area contributed by atoms with E-state index in [0.717, 1.165) is 11.3 Å². The number of aromatic nitrogens is 2. The number of carbonyl (C=O) groups excluding carboxylic acids is 1. The van der Waals surface area contributed by atoms with E-state index in [-0.39, 0.29) is 23.3 Å². The number of hydrogen-bond donors (Lipinski definition) is 0. The molecule has 2 aromatic carbocycles. The Bertz CT molecular complexity index is 1040. The minimum Gasteiger partial charge on any atom is -0.496 e. The van der Waals surface area contributed by atoms with E-state index in [1.807, 2.05) is 24.3 Å². The zero-order chi connectivity index (χ0) is 20.4. The molecule has 0 aliphatic carbocycles. The molecular formula is C21H19ClFN3O3. The van der Waals surface area contributed by atoms with Gasteiger partial charge in [0.25, 0.3) is 0 Å². The number of carbonyl (C=O) groups is 1. The fraction of sp³-hybridized carbons (Fsp3) is 0.286. The Hall–Kier alpha value is -2.93. The van der Waals surface area contributed by atoms with E-state index in [2.05, 4.69) is 10.1 Å². The highest BCUT2D eigenvalue weighted by molar-refractivity contribution is 6.31. The molecule has 0 N–H and O–H groups in total. The highest BCUT2D eigenvalue weighted by Crippen LogP contribution is 2.32. The van der Waals surface area contributed by atoms with Gasteiger partial charge in [-0.3, -0.25) is 4.79 Å². The number of halogens is 2. The van der Waals surface area contributed by atoms with E-state index < -0.39 is 5.82 Å². The molecule has 150 valence electrons. The van der Waals surface area contributed by atoms with E-state index in [9.17, 15) is 9.18 Å². The van der Waals surface area contributed by atoms with E-state index in [1.54, 1.807) is 12.0 Å². The summed E-state index contributed by atoms with van der Waals surface area (Å²) in [5.41, 5.74) is 1.62. The van der Waals surface area contributed by atoms with Crippen molar-refractivity contribution in [2.75, 3.05) is 18.6 Å². The third-order valence-electron chi connectivity index (χ3n) is 4.99. The fourth-order valence-corrected chi connectivity index (χ4v) is 3.64. The maximum Gasteiger partial charge on any atom is 0.227 e. The molecule has 2 heterocycles. The van der Waals surface area contributed by atoms with E-state index in [0.29, 0.717) is 36.8 Å². The summed E-state index contributed by atoms with van der Waals surface area (Å²) in [7, 11) is 1.64. The van der Waals surface area contributed by atoms with Crippen LogP contribution >= 0.6 is 11.6 Å². The molecule has 6 nitrogen and oxygen atoms in total. The molecule has 1 aliphatic heterocycles. The van der Waals surface area contributed by atoms with Gasteiger partial charge in [-0.2, -0.15) is 4.98 Å². The average Bonchev–Trinajstić information content (AvgIpc) is 3.35. The first-order valence-corrected chi connectivity index (χ1v) is 9.62. The number of benzene rings is 2. The Morgan fingerprint density at radius 2 is 2.10 bits per heavy atom. The predicted molar refractivity (Wildman–Crippen MR) is 106 cm³/mol. The van der Waals surface area contributed by atoms with Gasteiger partial charge in [0.1, 0.15) is 11.6 Å². The molecule has 3 aromatic rings. The lowest BCUT2D eigenvalue weighted by Gasteiger charge is -2.16. The lowest BCUT2D eigenvalue weighted by Crippen LogP contribution is -2.24. The van der Waals surface area contributed by atoms with Crippen molar-refractivity contribution in [3.05, 3.63) is 70.6 Å². The number of nitrogens with zero attached hydrogens (tertiary/aromatic N) is 3. The van der Waals surface area contributed by atoms with Gasteiger partial charge in [-0.15, -0.1) is 0 Å². The number of para-hydroxylation sites is 1. The minimum atomic E-state index is -0.517. The van der Waals surface area contributed by atoms with Gasteiger partial charge < -0.3 is 14.2 Å². The summed E-state index contributed by atoms with van der Waals surface area (Å²) in [6.07, 6.45) is 1.54. The van der Waals surface area contributed by atoms with Crippen molar-refractivity contribution < 1.29 is 18.4 Å². The quantitative estimate of drug-likeness (QED) is 0.604. The van der Waals surface area contributed by atoms with Gasteiger partial charge in [0.2, 0.25) is 11.8 Å². The number of amides is 1. The van der Waals surface area contributed by atoms with E-state index >= 15 is 0 Å². The first-order chi connectivity index (χ1) is 14.0. The van der Waals surface area contributed by atoms with Crippen molar-refractivity contribution in [3.8, 4) is 5.75 Å². The minimum absolute atomic E-state index is 0.0167. The Kier molecular flexibility index (Phi) is 5.49. The molecule has 4 rings (SSSR count). The third kappa shape index (κ3) is 4.10. The van der Waals surface area contributed by atoms with Crippen molar-refractivity contribution in [2.45, 2.75) is 25.2 Å². The summed E-state index contributed by atoms with van der Waals surface area (Å²) in [5.74, 6) is 1.05. The second-order valence-electron chi connectivity index (χ2n) is 6.86. The van der Waals surface area contributed by atoms with E-state index in [4.69, 9.17) is 20.9 Å². The Morgan fingerprint density at radius 3 is 2.90 bits per heavy atom. The first kappa shape index (κ1) is 19.4. The molecule has 0 radical (unpaired) electrons. The predicted octanol–water partition coefficient (Wildman–Crippen LogP) is 4.18. The molecule has 8 heteroatoms. The standard InChI is InChI=1S/C21H19ClFN3O3/c1-28-18-5-3-2-4-13(18)6-9-19-24-21(25-29-19)14-10-20(27)26(12-14)15-7-8-17(23)16(22)11-15/h2-5,7-8,11,14H,6,9-10,12H2,1H3/t14-/m1/s1. The summed E-state index contributed by atoms with van der Waals surface area (Å²) >= 11 is 5.84. The van der Waals surface area contributed by atoms with Crippen LogP contribution in [0.25, 0.3) is 0 Å². The SMILES string of the molecule is COc1ccccc1CCc1nc([C@@H]2CC(=O)N(c3ccc(F)c(Cl)c3)C2)no1. The highest BCUT2D eigenvalue weighted by Gasteiger charge is 2.34. The number of anilines is 1. The van der Waals surface area contributed by atoms with Crippen LogP contribution in [0.5, 0.6) is 5.75 Å². The van der Waals surface area contributed by atoms with Crippen molar-refractivity contribution >= 4 is 23.2 Å². The maximum absolute atomic E-state index is 13.4. The summed E-state index contributed by atoms with van der Waals surface area (Å²) in [5, 5.41) is 4.05. The summed E-state index contributed by atoms with van der Waals surface area (Å²) < 4.78 is 24.1. The molecule has 0 spiro atoms. The van der Waals surface area contributed by atoms with Gasteiger partial charge >= 0.3 is 0 Å². The van der Waals surface area contributed by atoms with Crippen LogP contribution < -0.4 is 9.64 Å². The zero-order valence-corrected chi connectivity index (χ0v) is 16.5. The van der Waals surface area contributed by atoms with Crippen LogP contribution in [0, 0.1) is 5.82 Å². The van der Waals surface area contributed by atoms with Crippen LogP contribution in [-0.4, -0.2) is 29.7 Å². The molecule has 1 atom stereocenters. The maximum atomic E-state index is 13.4. The van der Waals surface area contributed by atoms with Crippen LogP contribution in [0.3, 0.4) is 0 Å². The second kappa shape index (κ2) is 8.21. The van der Waals surface area contributed by atoms with Crippen LogP contribution in [0.4, 0.5) is 10.1 Å². The van der Waals surface area contributed by atoms with Crippen LogP contribution in [0.2, 0.25) is 5.02 Å². The fourth-order valence-electron chi connectivity index (χ4n) is 3.47. The van der Waals surface area contributed by atoms with Crippen LogP contribution in [-0.2, 0) is 17.6 Å². The third-order valence-corrected chi connectivity index (χ3v) is 5.28. The molecule has 1 aliphatic rings. The second-order valence-corrected chi connectivity index (χ2v) is 7.27. The Morgan fingerprint density at radius 1 is 1.28 bits per heavy atom. The van der Waals surface area contributed by atoms with Crippen LogP contribution in [0.1, 0.15) is 29.6 Å². The van der Waals surface area contributed by atoms with Crippen LogP contribution in [0.15, 0.2) is 47.0 Å². The Balaban J connectivity index is 1.43. The smallest absolute Gasteiger partial charge is 0.227 e. The van der Waals surface area contributed by atoms with Gasteiger partial charge in [-0.25, -0.2) is 4.39 Å². The number of rotatable bonds is 6. The molecule has 1 amide bonds.